The third-order valence-electron chi connectivity index (χ3n) is 4.28. The summed E-state index contributed by atoms with van der Waals surface area (Å²) in [6.07, 6.45) is 0.350. The molecule has 0 saturated carbocycles. The van der Waals surface area contributed by atoms with E-state index in [0.29, 0.717) is 0 Å². The van der Waals surface area contributed by atoms with Gasteiger partial charge in [-0.1, -0.05) is 0 Å². The Bertz CT molecular complexity index is 953. The van der Waals surface area contributed by atoms with Crippen molar-refractivity contribution >= 4 is 33.5 Å². The SMILES string of the molecule is CCOC(=O)N1CCN(C(=O)COC(=O)c2ccc(S(C)(=O)=O)c([N+](=O)[O-])c2)CC1. The first-order chi connectivity index (χ1) is 14.0. The van der Waals surface area contributed by atoms with E-state index in [4.69, 9.17) is 9.47 Å². The van der Waals surface area contributed by atoms with Crippen LogP contribution < -0.4 is 0 Å². The van der Waals surface area contributed by atoms with Crippen LogP contribution >= 0.6 is 0 Å². The Morgan fingerprint density at radius 3 is 2.23 bits per heavy atom. The molecular weight excluding hydrogens is 422 g/mol. The van der Waals surface area contributed by atoms with Gasteiger partial charge in [0.05, 0.1) is 17.1 Å². The Labute approximate surface area is 172 Å². The summed E-state index contributed by atoms with van der Waals surface area (Å²) in [4.78, 5) is 48.6. The molecule has 164 valence electrons. The monoisotopic (exact) mass is 443 g/mol. The lowest BCUT2D eigenvalue weighted by Gasteiger charge is -2.33. The second-order valence-corrected chi connectivity index (χ2v) is 8.34. The Morgan fingerprint density at radius 2 is 1.70 bits per heavy atom. The Balaban J connectivity index is 1.96. The number of amides is 2. The van der Waals surface area contributed by atoms with E-state index in [-0.39, 0.29) is 38.3 Å². The van der Waals surface area contributed by atoms with E-state index in [0.717, 1.165) is 24.5 Å². The summed E-state index contributed by atoms with van der Waals surface area (Å²) in [6.45, 7) is 2.37. The largest absolute Gasteiger partial charge is 0.452 e. The zero-order valence-corrected chi connectivity index (χ0v) is 17.2. The summed E-state index contributed by atoms with van der Waals surface area (Å²) in [5, 5.41) is 11.1. The van der Waals surface area contributed by atoms with E-state index in [1.54, 1.807) is 6.92 Å². The fourth-order valence-corrected chi connectivity index (χ4v) is 3.58. The summed E-state index contributed by atoms with van der Waals surface area (Å²) in [6, 6.07) is 2.82. The summed E-state index contributed by atoms with van der Waals surface area (Å²) >= 11 is 0. The van der Waals surface area contributed by atoms with Gasteiger partial charge in [-0.3, -0.25) is 14.9 Å². The number of piperazine rings is 1. The van der Waals surface area contributed by atoms with Crippen molar-refractivity contribution in [3.63, 3.8) is 0 Å². The minimum atomic E-state index is -3.87. The topological polar surface area (TPSA) is 153 Å². The molecule has 0 unspecified atom stereocenters. The van der Waals surface area contributed by atoms with E-state index in [2.05, 4.69) is 0 Å². The zero-order valence-electron chi connectivity index (χ0n) is 16.4. The summed E-state index contributed by atoms with van der Waals surface area (Å²) < 4.78 is 33.1. The number of nitrogens with zero attached hydrogens (tertiary/aromatic N) is 3. The Kier molecular flexibility index (Phi) is 7.32. The summed E-state index contributed by atoms with van der Waals surface area (Å²) in [5.74, 6) is -1.49. The first-order valence-electron chi connectivity index (χ1n) is 8.89. The van der Waals surface area contributed by atoms with Crippen LogP contribution in [0.3, 0.4) is 0 Å². The number of carbonyl (C=O) groups excluding carboxylic acids is 3. The van der Waals surface area contributed by atoms with Crippen LogP contribution in [0.1, 0.15) is 17.3 Å². The lowest BCUT2D eigenvalue weighted by Crippen LogP contribution is -2.51. The molecule has 12 nitrogen and oxygen atoms in total. The fourth-order valence-electron chi connectivity index (χ4n) is 2.76. The van der Waals surface area contributed by atoms with E-state index in [9.17, 15) is 32.9 Å². The van der Waals surface area contributed by atoms with Crippen LogP contribution in [0.5, 0.6) is 0 Å². The van der Waals surface area contributed by atoms with E-state index >= 15 is 0 Å². The third kappa shape index (κ3) is 5.65. The number of rotatable bonds is 6. The molecule has 1 saturated heterocycles. The maximum atomic E-state index is 12.2. The van der Waals surface area contributed by atoms with Crippen LogP contribution in [-0.2, 0) is 24.1 Å². The summed E-state index contributed by atoms with van der Waals surface area (Å²) in [5.41, 5.74) is -1.01. The van der Waals surface area contributed by atoms with Gasteiger partial charge in [0, 0.05) is 38.5 Å². The molecule has 2 amide bonds. The molecule has 0 aromatic heterocycles. The van der Waals surface area contributed by atoms with Crippen LogP contribution in [0.2, 0.25) is 0 Å². The number of benzene rings is 1. The van der Waals surface area contributed by atoms with E-state index in [1.165, 1.54) is 9.80 Å². The molecule has 1 fully saturated rings. The standard InChI is InChI=1S/C17H21N3O9S/c1-3-28-17(23)19-8-6-18(7-9-19)15(21)11-29-16(22)12-4-5-14(30(2,26)27)13(10-12)20(24)25/h4-5,10H,3,6-9,11H2,1-2H3. The number of esters is 1. The predicted molar refractivity (Wildman–Crippen MR) is 102 cm³/mol. The van der Waals surface area contributed by atoms with Gasteiger partial charge >= 0.3 is 12.1 Å². The molecule has 1 aromatic rings. The lowest BCUT2D eigenvalue weighted by molar-refractivity contribution is -0.387. The maximum Gasteiger partial charge on any atom is 0.409 e. The van der Waals surface area contributed by atoms with Gasteiger partial charge in [0.2, 0.25) is 0 Å². The molecule has 13 heteroatoms. The van der Waals surface area contributed by atoms with E-state index < -0.39 is 49.9 Å². The molecule has 0 N–H and O–H groups in total. The van der Waals surface area contributed by atoms with Crippen molar-refractivity contribution in [1.29, 1.82) is 0 Å². The van der Waals surface area contributed by atoms with Crippen molar-refractivity contribution in [2.75, 3.05) is 45.6 Å². The Hall–Kier alpha value is -3.22. The van der Waals surface area contributed by atoms with Gasteiger partial charge in [-0.25, -0.2) is 18.0 Å². The highest BCUT2D eigenvalue weighted by Crippen LogP contribution is 2.25. The number of sulfone groups is 1. The van der Waals surface area contributed by atoms with Crippen molar-refractivity contribution in [2.24, 2.45) is 0 Å². The van der Waals surface area contributed by atoms with Crippen molar-refractivity contribution in [3.8, 4) is 0 Å². The molecule has 1 aromatic carbocycles. The number of ether oxygens (including phenoxy) is 2. The van der Waals surface area contributed by atoms with Crippen LogP contribution in [0.4, 0.5) is 10.5 Å². The molecule has 1 aliphatic rings. The summed E-state index contributed by atoms with van der Waals surface area (Å²) in [7, 11) is -3.87. The second kappa shape index (κ2) is 9.52. The van der Waals surface area contributed by atoms with Crippen molar-refractivity contribution < 1.29 is 37.2 Å². The highest BCUT2D eigenvalue weighted by atomic mass is 32.2. The van der Waals surface area contributed by atoms with Gasteiger partial charge in [0.25, 0.3) is 11.6 Å². The number of nitro benzene ring substituents is 1. The van der Waals surface area contributed by atoms with Crippen LogP contribution in [0.15, 0.2) is 23.1 Å². The number of hydrogen-bond donors (Lipinski definition) is 0. The second-order valence-electron chi connectivity index (χ2n) is 6.35. The maximum absolute atomic E-state index is 12.2. The van der Waals surface area contributed by atoms with Crippen molar-refractivity contribution in [2.45, 2.75) is 11.8 Å². The van der Waals surface area contributed by atoms with Gasteiger partial charge in [-0.15, -0.1) is 0 Å². The third-order valence-corrected chi connectivity index (χ3v) is 5.42. The number of nitro groups is 1. The van der Waals surface area contributed by atoms with Crippen LogP contribution in [0, 0.1) is 10.1 Å². The minimum Gasteiger partial charge on any atom is -0.452 e. The normalized spacial score (nSPS) is 14.2. The van der Waals surface area contributed by atoms with Gasteiger partial charge in [0.15, 0.2) is 16.4 Å². The van der Waals surface area contributed by atoms with Gasteiger partial charge in [-0.05, 0) is 19.1 Å². The highest BCUT2D eigenvalue weighted by Gasteiger charge is 2.27. The molecule has 0 aliphatic carbocycles. The number of hydrogen-bond acceptors (Lipinski definition) is 9. The highest BCUT2D eigenvalue weighted by molar-refractivity contribution is 7.90. The smallest absolute Gasteiger partial charge is 0.409 e. The molecule has 0 radical (unpaired) electrons. The van der Waals surface area contributed by atoms with Gasteiger partial charge in [-0.2, -0.15) is 0 Å². The molecule has 0 spiro atoms. The van der Waals surface area contributed by atoms with Gasteiger partial charge in [0.1, 0.15) is 4.90 Å². The first kappa shape index (κ1) is 23.1. The average Bonchev–Trinajstić information content (AvgIpc) is 2.70. The fraction of sp³-hybridized carbons (Fsp3) is 0.471. The molecule has 0 atom stereocenters. The van der Waals surface area contributed by atoms with E-state index in [1.807, 2.05) is 0 Å². The molecular formula is C17H21N3O9S. The quantitative estimate of drug-likeness (QED) is 0.346. The van der Waals surface area contributed by atoms with Crippen LogP contribution in [-0.4, -0.2) is 86.8 Å². The Morgan fingerprint density at radius 1 is 1.10 bits per heavy atom. The molecule has 2 rings (SSSR count). The minimum absolute atomic E-state index is 0.240. The number of carbonyl (C=O) groups is 3. The molecule has 1 aliphatic heterocycles. The molecule has 1 heterocycles. The predicted octanol–water partition coefficient (Wildman–Crippen LogP) is 0.456. The van der Waals surface area contributed by atoms with Crippen molar-refractivity contribution in [3.05, 3.63) is 33.9 Å². The van der Waals surface area contributed by atoms with Crippen LogP contribution in [0.25, 0.3) is 0 Å². The lowest BCUT2D eigenvalue weighted by atomic mass is 10.2. The van der Waals surface area contributed by atoms with Crippen molar-refractivity contribution in [1.82, 2.24) is 9.80 Å². The molecule has 0 bridgehead atoms. The van der Waals surface area contributed by atoms with Gasteiger partial charge < -0.3 is 19.3 Å². The zero-order chi connectivity index (χ0) is 22.5. The molecule has 30 heavy (non-hydrogen) atoms. The first-order valence-corrected chi connectivity index (χ1v) is 10.8. The average molecular weight is 443 g/mol.